The zero-order valence-electron chi connectivity index (χ0n) is 8.04. The Bertz CT molecular complexity index is 236. The number of hydrogen-bond donors (Lipinski definition) is 0. The highest BCUT2D eigenvalue weighted by Crippen LogP contribution is 2.07. The summed E-state index contributed by atoms with van der Waals surface area (Å²) in [6, 6.07) is 0. The summed E-state index contributed by atoms with van der Waals surface area (Å²) in [5.41, 5.74) is 2.43. The molecule has 0 saturated heterocycles. The Morgan fingerprint density at radius 1 is 1.58 bits per heavy atom. The molecule has 0 saturated carbocycles. The molecule has 0 fully saturated rings. The van der Waals surface area contributed by atoms with Crippen LogP contribution in [0.5, 0.6) is 0 Å². The van der Waals surface area contributed by atoms with Gasteiger partial charge in [-0.25, -0.2) is 0 Å². The van der Waals surface area contributed by atoms with Crippen molar-refractivity contribution in [2.75, 3.05) is 13.6 Å². The monoisotopic (exact) mass is 164 g/mol. The fourth-order valence-corrected chi connectivity index (χ4v) is 1.10. The minimum absolute atomic E-state index is 0.958. The lowest BCUT2D eigenvalue weighted by Gasteiger charge is -2.12. The summed E-state index contributed by atoms with van der Waals surface area (Å²) in [6.07, 6.45) is 7.37. The van der Waals surface area contributed by atoms with Gasteiger partial charge in [0.25, 0.3) is 0 Å². The zero-order valence-corrected chi connectivity index (χ0v) is 8.04. The van der Waals surface area contributed by atoms with Crippen LogP contribution in [0.1, 0.15) is 20.3 Å². The molecule has 2 heteroatoms. The Hall–Kier alpha value is -1.05. The summed E-state index contributed by atoms with van der Waals surface area (Å²) in [5, 5.41) is 6.38. The standard InChI is InChI=1S/C10H16N2/c1-4-12(3)11-10-7-5-6-9(2)8-10/h5-6,8H,4,7H2,1-3H3/b11-10+. The van der Waals surface area contributed by atoms with Crippen molar-refractivity contribution in [3.63, 3.8) is 0 Å². The third kappa shape index (κ3) is 2.53. The van der Waals surface area contributed by atoms with E-state index in [0.717, 1.165) is 18.7 Å². The molecule has 2 nitrogen and oxygen atoms in total. The molecule has 0 aromatic heterocycles. The van der Waals surface area contributed by atoms with E-state index < -0.39 is 0 Å². The fourth-order valence-electron chi connectivity index (χ4n) is 1.10. The van der Waals surface area contributed by atoms with E-state index in [1.165, 1.54) is 5.57 Å². The van der Waals surface area contributed by atoms with Crippen LogP contribution in [0, 0.1) is 0 Å². The Kier molecular flexibility index (Phi) is 3.09. The molecule has 0 aromatic rings. The van der Waals surface area contributed by atoms with Crippen molar-refractivity contribution in [1.82, 2.24) is 5.01 Å². The third-order valence-electron chi connectivity index (χ3n) is 1.86. The van der Waals surface area contributed by atoms with Crippen molar-refractivity contribution < 1.29 is 0 Å². The molecule has 1 aliphatic carbocycles. The smallest absolute Gasteiger partial charge is 0.0645 e. The molecule has 0 spiro atoms. The predicted molar refractivity (Wildman–Crippen MR) is 53.3 cm³/mol. The molecule has 0 aromatic carbocycles. The first-order chi connectivity index (χ1) is 5.72. The molecule has 0 heterocycles. The second-order valence-electron chi connectivity index (χ2n) is 3.06. The number of hydrogen-bond acceptors (Lipinski definition) is 2. The van der Waals surface area contributed by atoms with Crippen LogP contribution in [-0.2, 0) is 0 Å². The van der Waals surface area contributed by atoms with E-state index >= 15 is 0 Å². The van der Waals surface area contributed by atoms with E-state index in [9.17, 15) is 0 Å². The molecule has 0 bridgehead atoms. The van der Waals surface area contributed by atoms with Crippen LogP contribution in [0.25, 0.3) is 0 Å². The highest BCUT2D eigenvalue weighted by Gasteiger charge is 1.99. The molecule has 0 N–H and O–H groups in total. The molecule has 12 heavy (non-hydrogen) atoms. The summed E-state index contributed by atoms with van der Waals surface area (Å²) in [5.74, 6) is 0. The van der Waals surface area contributed by atoms with E-state index in [1.54, 1.807) is 0 Å². The van der Waals surface area contributed by atoms with Crippen molar-refractivity contribution in [2.45, 2.75) is 20.3 Å². The van der Waals surface area contributed by atoms with Gasteiger partial charge in [0.05, 0.1) is 5.71 Å². The molecular weight excluding hydrogens is 148 g/mol. The first-order valence-electron chi connectivity index (χ1n) is 4.36. The SMILES string of the molecule is CCN(C)/N=C1/C=C(C)C=CC1. The first kappa shape index (κ1) is 9.04. The van der Waals surface area contributed by atoms with E-state index in [2.05, 4.69) is 37.2 Å². The lowest BCUT2D eigenvalue weighted by molar-refractivity contribution is 0.375. The summed E-state index contributed by atoms with van der Waals surface area (Å²) >= 11 is 0. The third-order valence-corrected chi connectivity index (χ3v) is 1.86. The molecule has 0 amide bonds. The Balaban J connectivity index is 2.65. The largest absolute Gasteiger partial charge is 0.300 e. The van der Waals surface area contributed by atoms with Gasteiger partial charge in [0.2, 0.25) is 0 Å². The van der Waals surface area contributed by atoms with Crippen LogP contribution < -0.4 is 0 Å². The molecule has 1 rings (SSSR count). The number of rotatable bonds is 2. The number of allylic oxidation sites excluding steroid dienone is 4. The van der Waals surface area contributed by atoms with Gasteiger partial charge in [0.15, 0.2) is 0 Å². The van der Waals surface area contributed by atoms with Crippen molar-refractivity contribution >= 4 is 5.71 Å². The highest BCUT2D eigenvalue weighted by molar-refractivity contribution is 5.97. The molecule has 66 valence electrons. The van der Waals surface area contributed by atoms with Crippen molar-refractivity contribution in [3.8, 4) is 0 Å². The van der Waals surface area contributed by atoms with E-state index in [0.29, 0.717) is 0 Å². The molecule has 0 unspecified atom stereocenters. The Morgan fingerprint density at radius 2 is 2.33 bits per heavy atom. The Morgan fingerprint density at radius 3 is 2.92 bits per heavy atom. The summed E-state index contributed by atoms with van der Waals surface area (Å²) < 4.78 is 0. The quantitative estimate of drug-likeness (QED) is 0.571. The van der Waals surface area contributed by atoms with Gasteiger partial charge in [0, 0.05) is 20.0 Å². The molecule has 1 aliphatic rings. The predicted octanol–water partition coefficient (Wildman–Crippen LogP) is 2.20. The van der Waals surface area contributed by atoms with Crippen molar-refractivity contribution in [3.05, 3.63) is 23.8 Å². The maximum Gasteiger partial charge on any atom is 0.0645 e. The number of nitrogens with zero attached hydrogens (tertiary/aromatic N) is 2. The summed E-state index contributed by atoms with van der Waals surface area (Å²) in [4.78, 5) is 0. The molecule has 0 aliphatic heterocycles. The maximum absolute atomic E-state index is 4.43. The average molecular weight is 164 g/mol. The topological polar surface area (TPSA) is 15.6 Å². The van der Waals surface area contributed by atoms with Gasteiger partial charge in [0.1, 0.15) is 0 Å². The fraction of sp³-hybridized carbons (Fsp3) is 0.500. The van der Waals surface area contributed by atoms with Crippen LogP contribution in [0.2, 0.25) is 0 Å². The molecule has 0 atom stereocenters. The summed E-state index contributed by atoms with van der Waals surface area (Å²) in [7, 11) is 1.99. The lowest BCUT2D eigenvalue weighted by Crippen LogP contribution is -2.13. The van der Waals surface area contributed by atoms with Gasteiger partial charge in [-0.05, 0) is 25.5 Å². The normalized spacial score (nSPS) is 19.6. The van der Waals surface area contributed by atoms with Gasteiger partial charge < -0.3 is 5.01 Å². The van der Waals surface area contributed by atoms with E-state index in [4.69, 9.17) is 0 Å². The molecule has 0 radical (unpaired) electrons. The van der Waals surface area contributed by atoms with Crippen molar-refractivity contribution in [1.29, 1.82) is 0 Å². The minimum atomic E-state index is 0.958. The second-order valence-corrected chi connectivity index (χ2v) is 3.06. The molecular formula is C10H16N2. The average Bonchev–Trinajstić information content (AvgIpc) is 2.04. The van der Waals surface area contributed by atoms with Crippen LogP contribution in [0.3, 0.4) is 0 Å². The zero-order chi connectivity index (χ0) is 8.97. The second kappa shape index (κ2) is 4.10. The Labute approximate surface area is 74.3 Å². The van der Waals surface area contributed by atoms with Gasteiger partial charge in [-0.3, -0.25) is 0 Å². The van der Waals surface area contributed by atoms with Crippen LogP contribution >= 0.6 is 0 Å². The van der Waals surface area contributed by atoms with Gasteiger partial charge in [-0.15, -0.1) is 0 Å². The van der Waals surface area contributed by atoms with Crippen LogP contribution in [0.4, 0.5) is 0 Å². The lowest BCUT2D eigenvalue weighted by atomic mass is 10.1. The van der Waals surface area contributed by atoms with E-state index in [1.807, 2.05) is 12.1 Å². The first-order valence-corrected chi connectivity index (χ1v) is 4.36. The highest BCUT2D eigenvalue weighted by atomic mass is 15.4. The van der Waals surface area contributed by atoms with Crippen LogP contribution in [-0.4, -0.2) is 24.3 Å². The minimum Gasteiger partial charge on any atom is -0.300 e. The van der Waals surface area contributed by atoms with Gasteiger partial charge in [-0.1, -0.05) is 12.2 Å². The summed E-state index contributed by atoms with van der Waals surface area (Å²) in [6.45, 7) is 5.15. The van der Waals surface area contributed by atoms with Crippen molar-refractivity contribution in [2.24, 2.45) is 5.10 Å². The van der Waals surface area contributed by atoms with Gasteiger partial charge >= 0.3 is 0 Å². The van der Waals surface area contributed by atoms with Gasteiger partial charge in [-0.2, -0.15) is 5.10 Å². The number of hydrazone groups is 1. The maximum atomic E-state index is 4.43. The van der Waals surface area contributed by atoms with Crippen LogP contribution in [0.15, 0.2) is 28.9 Å². The van der Waals surface area contributed by atoms with E-state index in [-0.39, 0.29) is 0 Å².